The second-order valence-corrected chi connectivity index (χ2v) is 9.30. The van der Waals surface area contributed by atoms with Gasteiger partial charge in [0.1, 0.15) is 11.5 Å². The Morgan fingerprint density at radius 3 is 2.39 bits per heavy atom. The zero-order valence-electron chi connectivity index (χ0n) is 20.0. The first-order valence-corrected chi connectivity index (χ1v) is 12.1. The van der Waals surface area contributed by atoms with E-state index in [0.29, 0.717) is 15.5 Å². The third-order valence-electron chi connectivity index (χ3n) is 5.48. The van der Waals surface area contributed by atoms with E-state index in [2.05, 4.69) is 15.4 Å². The van der Waals surface area contributed by atoms with E-state index in [4.69, 9.17) is 4.74 Å². The highest BCUT2D eigenvalue weighted by Crippen LogP contribution is 2.36. The normalized spacial score (nSPS) is 12.0. The number of benzene rings is 2. The van der Waals surface area contributed by atoms with Gasteiger partial charge in [0.05, 0.1) is 32.8 Å². The Morgan fingerprint density at radius 2 is 1.73 bits per heavy atom. The van der Waals surface area contributed by atoms with Crippen LogP contribution in [0.2, 0.25) is 0 Å². The number of aromatic nitrogens is 3. The summed E-state index contributed by atoms with van der Waals surface area (Å²) in [6.45, 7) is 0. The van der Waals surface area contributed by atoms with Crippen LogP contribution < -0.4 is 10.1 Å². The van der Waals surface area contributed by atoms with Crippen LogP contribution >= 0.6 is 11.3 Å². The van der Waals surface area contributed by atoms with Crippen molar-refractivity contribution in [1.29, 1.82) is 0 Å². The fraction of sp³-hybridized carbons (Fsp3) is 0.0800. The van der Waals surface area contributed by atoms with Crippen molar-refractivity contribution in [2.24, 2.45) is 0 Å². The third kappa shape index (κ3) is 5.96. The molecule has 1 amide bonds. The minimum Gasteiger partial charge on any atom is -0.457 e. The van der Waals surface area contributed by atoms with Gasteiger partial charge in [0.25, 0.3) is 11.6 Å². The maximum absolute atomic E-state index is 13.8. The van der Waals surface area contributed by atoms with Gasteiger partial charge in [-0.25, -0.2) is 9.50 Å². The van der Waals surface area contributed by atoms with Crippen molar-refractivity contribution >= 4 is 34.3 Å². The summed E-state index contributed by atoms with van der Waals surface area (Å²) in [5, 5.41) is 19.1. The number of rotatable bonds is 6. The molecule has 0 unspecified atom stereocenters. The van der Waals surface area contributed by atoms with Crippen molar-refractivity contribution in [3.05, 3.63) is 99.2 Å². The van der Waals surface area contributed by atoms with Gasteiger partial charge in [0.15, 0.2) is 17.0 Å². The van der Waals surface area contributed by atoms with Crippen molar-refractivity contribution in [2.45, 2.75) is 12.4 Å². The van der Waals surface area contributed by atoms with E-state index in [1.807, 2.05) is 0 Å². The number of carbonyl (C=O) groups excluding carboxylic acids is 1. The predicted octanol–water partition coefficient (Wildman–Crippen LogP) is 7.45. The number of non-ortho nitro benzene ring substituents is 1. The van der Waals surface area contributed by atoms with E-state index in [9.17, 15) is 41.3 Å². The number of nitrogens with one attached hydrogen (secondary N) is 1. The van der Waals surface area contributed by atoms with Crippen LogP contribution in [0.15, 0.2) is 72.1 Å². The lowest BCUT2D eigenvalue weighted by molar-refractivity contribution is -0.384. The molecule has 16 heteroatoms. The van der Waals surface area contributed by atoms with Crippen LogP contribution in [0.25, 0.3) is 16.2 Å². The van der Waals surface area contributed by atoms with E-state index in [-0.39, 0.29) is 28.5 Å². The summed E-state index contributed by atoms with van der Waals surface area (Å²) in [5.74, 6) is -1.61. The van der Waals surface area contributed by atoms with E-state index in [1.165, 1.54) is 6.07 Å². The standard InChI is InChI=1S/C25H13F6N5O4S/c26-24(27,28)13-3-1-4-16(7-13)40-17-9-14(8-15(10-17)36(38)39)32-23(37)19-12-22-33-18(20-5-2-6-41-20)11-21(25(29,30)31)35(22)34-19/h1-12H,(H,32,37). The summed E-state index contributed by atoms with van der Waals surface area (Å²) in [4.78, 5) is 28.2. The Morgan fingerprint density at radius 1 is 0.951 bits per heavy atom. The number of amides is 1. The molecule has 2 aromatic carbocycles. The molecule has 9 nitrogen and oxygen atoms in total. The molecule has 0 aliphatic rings. The number of nitro groups is 1. The highest BCUT2D eigenvalue weighted by atomic mass is 32.1. The Labute approximate surface area is 228 Å². The highest BCUT2D eigenvalue weighted by molar-refractivity contribution is 7.13. The number of anilines is 1. The maximum atomic E-state index is 13.8. The molecular weight excluding hydrogens is 580 g/mol. The smallest absolute Gasteiger partial charge is 0.433 e. The number of nitrogens with zero attached hydrogens (tertiary/aromatic N) is 4. The van der Waals surface area contributed by atoms with Gasteiger partial charge >= 0.3 is 12.4 Å². The fourth-order valence-electron chi connectivity index (χ4n) is 3.72. The van der Waals surface area contributed by atoms with Crippen molar-refractivity contribution in [3.8, 4) is 22.1 Å². The van der Waals surface area contributed by atoms with Gasteiger partial charge < -0.3 is 10.1 Å². The first-order chi connectivity index (χ1) is 19.3. The molecule has 0 atom stereocenters. The van der Waals surface area contributed by atoms with Crippen molar-refractivity contribution in [2.75, 3.05) is 5.32 Å². The zero-order valence-corrected chi connectivity index (χ0v) is 20.8. The quantitative estimate of drug-likeness (QED) is 0.124. The number of hydrogen-bond donors (Lipinski definition) is 1. The molecule has 0 saturated carbocycles. The lowest BCUT2D eigenvalue weighted by Gasteiger charge is -2.11. The van der Waals surface area contributed by atoms with Gasteiger partial charge in [-0.2, -0.15) is 31.4 Å². The summed E-state index contributed by atoms with van der Waals surface area (Å²) < 4.78 is 86.4. The molecule has 0 fully saturated rings. The Bertz CT molecular complexity index is 1780. The summed E-state index contributed by atoms with van der Waals surface area (Å²) in [7, 11) is 0. The number of carbonyl (C=O) groups is 1. The van der Waals surface area contributed by atoms with E-state index >= 15 is 0 Å². The predicted molar refractivity (Wildman–Crippen MR) is 134 cm³/mol. The van der Waals surface area contributed by atoms with E-state index in [0.717, 1.165) is 53.8 Å². The molecule has 3 heterocycles. The highest BCUT2D eigenvalue weighted by Gasteiger charge is 2.36. The van der Waals surface area contributed by atoms with Gasteiger partial charge in [0, 0.05) is 18.2 Å². The first kappa shape index (κ1) is 27.6. The fourth-order valence-corrected chi connectivity index (χ4v) is 4.41. The number of thiophene rings is 1. The molecule has 0 aliphatic heterocycles. The van der Waals surface area contributed by atoms with Crippen LogP contribution in [0.5, 0.6) is 11.5 Å². The Kier molecular flexibility index (Phi) is 6.86. The monoisotopic (exact) mass is 593 g/mol. The summed E-state index contributed by atoms with van der Waals surface area (Å²) in [5.41, 5.74) is -3.76. The van der Waals surface area contributed by atoms with Crippen molar-refractivity contribution < 1.29 is 40.8 Å². The maximum Gasteiger partial charge on any atom is 0.433 e. The van der Waals surface area contributed by atoms with Gasteiger partial charge in [0.2, 0.25) is 0 Å². The molecule has 0 bridgehead atoms. The van der Waals surface area contributed by atoms with E-state index in [1.54, 1.807) is 17.5 Å². The molecule has 3 aromatic heterocycles. The second kappa shape index (κ2) is 10.2. The molecule has 210 valence electrons. The molecule has 0 saturated heterocycles. The van der Waals surface area contributed by atoms with Crippen molar-refractivity contribution in [1.82, 2.24) is 14.6 Å². The van der Waals surface area contributed by atoms with Gasteiger partial charge in [-0.15, -0.1) is 11.3 Å². The molecule has 0 radical (unpaired) electrons. The number of fused-ring (bicyclic) bond motifs is 1. The number of alkyl halides is 6. The summed E-state index contributed by atoms with van der Waals surface area (Å²) in [6, 6.07) is 11.7. The minimum atomic E-state index is -4.84. The van der Waals surface area contributed by atoms with Crippen LogP contribution in [0.3, 0.4) is 0 Å². The molecule has 0 spiro atoms. The average molecular weight is 593 g/mol. The topological polar surface area (TPSA) is 112 Å². The Balaban J connectivity index is 1.47. The third-order valence-corrected chi connectivity index (χ3v) is 6.37. The average Bonchev–Trinajstić information content (AvgIpc) is 3.57. The summed E-state index contributed by atoms with van der Waals surface area (Å²) >= 11 is 1.16. The van der Waals surface area contributed by atoms with E-state index < -0.39 is 45.8 Å². The number of nitro benzene ring substituents is 1. The number of halogens is 6. The van der Waals surface area contributed by atoms with Gasteiger partial charge in [-0.05, 0) is 35.7 Å². The Hall–Kier alpha value is -4.99. The zero-order chi connectivity index (χ0) is 29.5. The number of hydrogen-bond acceptors (Lipinski definition) is 7. The first-order valence-electron chi connectivity index (χ1n) is 11.3. The molecule has 1 N–H and O–H groups in total. The summed E-state index contributed by atoms with van der Waals surface area (Å²) in [6.07, 6.45) is -9.51. The van der Waals surface area contributed by atoms with Crippen LogP contribution in [-0.2, 0) is 12.4 Å². The lowest BCUT2D eigenvalue weighted by atomic mass is 10.2. The molecule has 5 aromatic rings. The van der Waals surface area contributed by atoms with Crippen molar-refractivity contribution in [3.63, 3.8) is 0 Å². The van der Waals surface area contributed by atoms with Crippen LogP contribution in [0, 0.1) is 10.1 Å². The molecular formula is C25H13F6N5O4S. The largest absolute Gasteiger partial charge is 0.457 e. The minimum absolute atomic E-state index is 0.0155. The van der Waals surface area contributed by atoms with Gasteiger partial charge in [-0.3, -0.25) is 14.9 Å². The molecule has 41 heavy (non-hydrogen) atoms. The van der Waals surface area contributed by atoms with Crippen LogP contribution in [0.4, 0.5) is 37.7 Å². The van der Waals surface area contributed by atoms with Gasteiger partial charge in [-0.1, -0.05) is 12.1 Å². The number of ether oxygens (including phenoxy) is 1. The van der Waals surface area contributed by atoms with Crippen LogP contribution in [-0.4, -0.2) is 25.4 Å². The second-order valence-electron chi connectivity index (χ2n) is 8.36. The lowest BCUT2D eigenvalue weighted by Crippen LogP contribution is -2.15. The van der Waals surface area contributed by atoms with Crippen LogP contribution in [0.1, 0.15) is 21.7 Å². The molecule has 0 aliphatic carbocycles. The SMILES string of the molecule is O=C(Nc1cc(Oc2cccc(C(F)(F)F)c2)cc([N+](=O)[O-])c1)c1cc2nc(-c3cccs3)cc(C(F)(F)F)n2n1. The molecule has 5 rings (SSSR count).